The van der Waals surface area contributed by atoms with Crippen molar-refractivity contribution in [3.05, 3.63) is 57.9 Å². The molecule has 9 heteroatoms. The van der Waals surface area contributed by atoms with Crippen LogP contribution in [0.5, 0.6) is 0 Å². The molecule has 0 bridgehead atoms. The van der Waals surface area contributed by atoms with Gasteiger partial charge in [0.2, 0.25) is 15.9 Å². The molecule has 2 aromatic rings. The lowest BCUT2D eigenvalue weighted by atomic mass is 10.0. The van der Waals surface area contributed by atoms with Crippen LogP contribution in [0.4, 0.5) is 0 Å². The second kappa shape index (κ2) is 10.2. The van der Waals surface area contributed by atoms with Gasteiger partial charge in [0.1, 0.15) is 0 Å². The lowest BCUT2D eigenvalue weighted by Crippen LogP contribution is -2.48. The highest BCUT2D eigenvalue weighted by Crippen LogP contribution is 2.22. The molecule has 0 N–H and O–H groups in total. The van der Waals surface area contributed by atoms with Gasteiger partial charge in [0.25, 0.3) is 0 Å². The van der Waals surface area contributed by atoms with Crippen LogP contribution in [0.15, 0.2) is 30.3 Å². The number of aromatic nitrogens is 2. The molecule has 174 valence electrons. The molecular formula is C23H31ClN4O3S. The van der Waals surface area contributed by atoms with Crippen LogP contribution in [0.25, 0.3) is 6.08 Å². The number of hydrogen-bond donors (Lipinski definition) is 0. The number of halogens is 1. The van der Waals surface area contributed by atoms with Gasteiger partial charge >= 0.3 is 0 Å². The van der Waals surface area contributed by atoms with Crippen molar-refractivity contribution < 1.29 is 13.2 Å². The standard InChI is InChI=1S/C23H31ClN4O3S/c1-5-28(32(4,30)31)20-12-14-26(15-13-20)23(29)11-10-21-17(2)25-27(18(21)3)16-19-8-6-7-9-22(19)24/h6-11,20H,5,12-16H2,1-4H3. The van der Waals surface area contributed by atoms with E-state index in [4.69, 9.17) is 11.6 Å². The molecule has 2 heterocycles. The maximum absolute atomic E-state index is 12.7. The SMILES string of the molecule is CCN(C1CCN(C(=O)C=Cc2c(C)nn(Cc3ccccc3Cl)c2C)CC1)S(C)(=O)=O. The fourth-order valence-electron chi connectivity index (χ4n) is 4.29. The highest BCUT2D eigenvalue weighted by molar-refractivity contribution is 7.88. The van der Waals surface area contributed by atoms with Crippen LogP contribution in [0.2, 0.25) is 5.02 Å². The second-order valence-electron chi connectivity index (χ2n) is 8.19. The lowest BCUT2D eigenvalue weighted by molar-refractivity contribution is -0.127. The Kier molecular flexibility index (Phi) is 7.79. The summed E-state index contributed by atoms with van der Waals surface area (Å²) < 4.78 is 27.3. The molecule has 7 nitrogen and oxygen atoms in total. The van der Waals surface area contributed by atoms with E-state index in [1.807, 2.05) is 55.8 Å². The molecule has 32 heavy (non-hydrogen) atoms. The number of sulfonamides is 1. The number of piperidine rings is 1. The Morgan fingerprint density at radius 2 is 1.91 bits per heavy atom. The van der Waals surface area contributed by atoms with Gasteiger partial charge in [-0.2, -0.15) is 9.40 Å². The Morgan fingerprint density at radius 3 is 2.50 bits per heavy atom. The molecule has 0 atom stereocenters. The maximum Gasteiger partial charge on any atom is 0.246 e. The van der Waals surface area contributed by atoms with Gasteiger partial charge < -0.3 is 4.90 Å². The van der Waals surface area contributed by atoms with E-state index < -0.39 is 10.0 Å². The summed E-state index contributed by atoms with van der Waals surface area (Å²) in [5.74, 6) is -0.0662. The van der Waals surface area contributed by atoms with E-state index in [1.54, 1.807) is 11.0 Å². The van der Waals surface area contributed by atoms with Crippen molar-refractivity contribution in [3.63, 3.8) is 0 Å². The van der Waals surface area contributed by atoms with E-state index in [9.17, 15) is 13.2 Å². The lowest BCUT2D eigenvalue weighted by Gasteiger charge is -2.36. The van der Waals surface area contributed by atoms with Gasteiger partial charge in [0, 0.05) is 48.0 Å². The van der Waals surface area contributed by atoms with Crippen LogP contribution in [0.3, 0.4) is 0 Å². The van der Waals surface area contributed by atoms with Crippen LogP contribution >= 0.6 is 11.6 Å². The van der Waals surface area contributed by atoms with E-state index in [0.29, 0.717) is 44.0 Å². The fraction of sp³-hybridized carbons (Fsp3) is 0.478. The summed E-state index contributed by atoms with van der Waals surface area (Å²) in [7, 11) is -3.23. The number of nitrogens with zero attached hydrogens (tertiary/aromatic N) is 4. The summed E-state index contributed by atoms with van der Waals surface area (Å²) in [6, 6.07) is 7.64. The van der Waals surface area contributed by atoms with Gasteiger partial charge in [0.05, 0.1) is 18.5 Å². The molecule has 0 aliphatic carbocycles. The van der Waals surface area contributed by atoms with Gasteiger partial charge in [-0.1, -0.05) is 36.7 Å². The number of likely N-dealkylation sites (tertiary alicyclic amines) is 1. The van der Waals surface area contributed by atoms with E-state index in [2.05, 4.69) is 5.10 Å². The van der Waals surface area contributed by atoms with Crippen molar-refractivity contribution in [2.45, 2.75) is 46.2 Å². The van der Waals surface area contributed by atoms with Crippen LogP contribution in [-0.2, 0) is 21.4 Å². The van der Waals surface area contributed by atoms with Gasteiger partial charge in [-0.15, -0.1) is 0 Å². The van der Waals surface area contributed by atoms with E-state index >= 15 is 0 Å². The van der Waals surface area contributed by atoms with Crippen LogP contribution in [0, 0.1) is 13.8 Å². The summed E-state index contributed by atoms with van der Waals surface area (Å²) in [5.41, 5.74) is 3.74. The largest absolute Gasteiger partial charge is 0.339 e. The van der Waals surface area contributed by atoms with Crippen LogP contribution in [-0.4, -0.2) is 65.2 Å². The van der Waals surface area contributed by atoms with Crippen molar-refractivity contribution in [1.29, 1.82) is 0 Å². The third-order valence-electron chi connectivity index (χ3n) is 6.03. The van der Waals surface area contributed by atoms with E-state index in [-0.39, 0.29) is 11.9 Å². The molecule has 1 aromatic carbocycles. The van der Waals surface area contributed by atoms with Gasteiger partial charge in [-0.3, -0.25) is 9.48 Å². The number of carbonyl (C=O) groups is 1. The summed E-state index contributed by atoms with van der Waals surface area (Å²) in [4.78, 5) is 14.5. The highest BCUT2D eigenvalue weighted by Gasteiger charge is 2.30. The summed E-state index contributed by atoms with van der Waals surface area (Å²) in [6.07, 6.45) is 5.95. The van der Waals surface area contributed by atoms with E-state index in [0.717, 1.165) is 22.5 Å². The average Bonchev–Trinajstić information content (AvgIpc) is 3.00. The van der Waals surface area contributed by atoms with Crippen molar-refractivity contribution in [3.8, 4) is 0 Å². The average molecular weight is 479 g/mol. The number of benzene rings is 1. The monoisotopic (exact) mass is 478 g/mol. The zero-order valence-electron chi connectivity index (χ0n) is 19.1. The Morgan fingerprint density at radius 1 is 1.25 bits per heavy atom. The Balaban J connectivity index is 1.65. The maximum atomic E-state index is 12.7. The minimum Gasteiger partial charge on any atom is -0.339 e. The summed E-state index contributed by atoms with van der Waals surface area (Å²) in [5, 5.41) is 5.32. The minimum atomic E-state index is -3.23. The predicted molar refractivity (Wildman–Crippen MR) is 128 cm³/mol. The third-order valence-corrected chi connectivity index (χ3v) is 7.81. The fourth-order valence-corrected chi connectivity index (χ4v) is 5.71. The molecule has 0 spiro atoms. The normalized spacial score (nSPS) is 15.8. The predicted octanol–water partition coefficient (Wildman–Crippen LogP) is 3.49. The molecule has 1 aliphatic rings. The zero-order chi connectivity index (χ0) is 23.5. The number of carbonyl (C=O) groups excluding carboxylic acids is 1. The summed E-state index contributed by atoms with van der Waals surface area (Å²) >= 11 is 6.28. The summed E-state index contributed by atoms with van der Waals surface area (Å²) in [6.45, 7) is 7.86. The van der Waals surface area contributed by atoms with Gasteiger partial charge in [-0.05, 0) is 44.4 Å². The first-order valence-electron chi connectivity index (χ1n) is 10.8. The molecule has 1 aromatic heterocycles. The van der Waals surface area contributed by atoms with Crippen molar-refractivity contribution in [2.24, 2.45) is 0 Å². The second-order valence-corrected chi connectivity index (χ2v) is 10.5. The first-order valence-corrected chi connectivity index (χ1v) is 13.1. The Hall–Kier alpha value is -2.16. The molecule has 3 rings (SSSR count). The Labute approximate surface area is 195 Å². The van der Waals surface area contributed by atoms with Crippen molar-refractivity contribution in [2.75, 3.05) is 25.9 Å². The molecule has 1 amide bonds. The number of amides is 1. The van der Waals surface area contributed by atoms with Crippen molar-refractivity contribution >= 4 is 33.6 Å². The first-order chi connectivity index (χ1) is 15.1. The van der Waals surface area contributed by atoms with Crippen molar-refractivity contribution in [1.82, 2.24) is 19.0 Å². The molecular weight excluding hydrogens is 448 g/mol. The van der Waals surface area contributed by atoms with Gasteiger partial charge in [-0.25, -0.2) is 8.42 Å². The number of hydrogen-bond acceptors (Lipinski definition) is 4. The van der Waals surface area contributed by atoms with Gasteiger partial charge in [0.15, 0.2) is 0 Å². The topological polar surface area (TPSA) is 75.5 Å². The number of rotatable bonds is 7. The zero-order valence-corrected chi connectivity index (χ0v) is 20.7. The molecule has 0 radical (unpaired) electrons. The molecule has 0 saturated carbocycles. The quantitative estimate of drug-likeness (QED) is 0.571. The van der Waals surface area contributed by atoms with Crippen LogP contribution < -0.4 is 0 Å². The first kappa shape index (κ1) is 24.5. The highest BCUT2D eigenvalue weighted by atomic mass is 35.5. The number of aryl methyl sites for hydroxylation is 1. The Bertz CT molecular complexity index is 1100. The molecule has 1 fully saturated rings. The molecule has 1 saturated heterocycles. The minimum absolute atomic E-state index is 0.0458. The molecule has 0 unspecified atom stereocenters. The third kappa shape index (κ3) is 5.60. The smallest absolute Gasteiger partial charge is 0.246 e. The van der Waals surface area contributed by atoms with E-state index in [1.165, 1.54) is 10.6 Å². The van der Waals surface area contributed by atoms with Crippen LogP contribution in [0.1, 0.15) is 42.3 Å². The molecule has 1 aliphatic heterocycles.